The largest absolute Gasteiger partial charge is 0.480 e. The van der Waals surface area contributed by atoms with Gasteiger partial charge in [0.15, 0.2) is 0 Å². The number of aryl methyl sites for hydroxylation is 1. The molecule has 1 unspecified atom stereocenters. The molecule has 0 radical (unpaired) electrons. The van der Waals surface area contributed by atoms with Crippen molar-refractivity contribution in [2.75, 3.05) is 4.90 Å². The van der Waals surface area contributed by atoms with Crippen molar-refractivity contribution in [1.29, 1.82) is 0 Å². The highest BCUT2D eigenvalue weighted by atomic mass is 19.1. The topological polar surface area (TPSA) is 57.6 Å². The number of carboxylic acid groups (broad SMARTS) is 1. The van der Waals surface area contributed by atoms with Crippen molar-refractivity contribution in [3.63, 3.8) is 0 Å². The molecule has 0 saturated heterocycles. The summed E-state index contributed by atoms with van der Waals surface area (Å²) in [6.07, 6.45) is 0.972. The number of rotatable bonds is 2. The van der Waals surface area contributed by atoms with Crippen LogP contribution < -0.4 is 4.90 Å². The monoisotopic (exact) mass is 299 g/mol. The number of anilines is 1. The molecular formula is C17H14FNO3. The molecule has 1 amide bonds. The molecule has 1 aliphatic heterocycles. The maximum atomic E-state index is 13.0. The van der Waals surface area contributed by atoms with Gasteiger partial charge in [-0.05, 0) is 48.7 Å². The predicted molar refractivity (Wildman–Crippen MR) is 79.4 cm³/mol. The summed E-state index contributed by atoms with van der Waals surface area (Å²) >= 11 is 0. The van der Waals surface area contributed by atoms with Crippen LogP contribution in [-0.4, -0.2) is 23.0 Å². The van der Waals surface area contributed by atoms with Crippen molar-refractivity contribution in [3.8, 4) is 0 Å². The molecule has 112 valence electrons. The summed E-state index contributed by atoms with van der Waals surface area (Å²) in [6.45, 7) is 0. The van der Waals surface area contributed by atoms with Crippen molar-refractivity contribution in [3.05, 3.63) is 65.5 Å². The molecule has 1 atom stereocenters. The normalized spacial score (nSPS) is 17.0. The van der Waals surface area contributed by atoms with Gasteiger partial charge in [0.05, 0.1) is 0 Å². The summed E-state index contributed by atoms with van der Waals surface area (Å²) in [4.78, 5) is 25.5. The van der Waals surface area contributed by atoms with Crippen molar-refractivity contribution in [2.45, 2.75) is 18.9 Å². The zero-order valence-corrected chi connectivity index (χ0v) is 11.7. The fourth-order valence-electron chi connectivity index (χ4n) is 2.76. The average Bonchev–Trinajstić information content (AvgIpc) is 2.53. The van der Waals surface area contributed by atoms with Gasteiger partial charge in [0.2, 0.25) is 0 Å². The molecule has 3 rings (SSSR count). The number of carbonyl (C=O) groups is 2. The van der Waals surface area contributed by atoms with Crippen molar-refractivity contribution < 1.29 is 19.1 Å². The van der Waals surface area contributed by atoms with Crippen LogP contribution >= 0.6 is 0 Å². The number of aliphatic carboxylic acids is 1. The second-order valence-electron chi connectivity index (χ2n) is 5.20. The van der Waals surface area contributed by atoms with Gasteiger partial charge in [-0.15, -0.1) is 0 Å². The molecule has 0 fully saturated rings. The second-order valence-corrected chi connectivity index (χ2v) is 5.20. The number of para-hydroxylation sites is 1. The molecule has 2 aromatic rings. The van der Waals surface area contributed by atoms with Gasteiger partial charge >= 0.3 is 5.97 Å². The lowest BCUT2D eigenvalue weighted by Crippen LogP contribution is -2.48. The molecule has 0 bridgehead atoms. The Kier molecular flexibility index (Phi) is 3.63. The van der Waals surface area contributed by atoms with Crippen molar-refractivity contribution >= 4 is 17.6 Å². The molecule has 0 spiro atoms. The Hall–Kier alpha value is -2.69. The van der Waals surface area contributed by atoms with E-state index in [0.717, 1.165) is 5.56 Å². The lowest BCUT2D eigenvalue weighted by atomic mass is 9.95. The molecule has 4 nitrogen and oxygen atoms in total. The van der Waals surface area contributed by atoms with Gasteiger partial charge in [-0.3, -0.25) is 9.69 Å². The quantitative estimate of drug-likeness (QED) is 0.927. The number of hydrogen-bond acceptors (Lipinski definition) is 2. The number of benzene rings is 2. The predicted octanol–water partition coefficient (Wildman–Crippen LogP) is 2.87. The zero-order valence-electron chi connectivity index (χ0n) is 11.7. The van der Waals surface area contributed by atoms with Gasteiger partial charge < -0.3 is 5.11 Å². The van der Waals surface area contributed by atoms with Crippen LogP contribution in [0.15, 0.2) is 48.5 Å². The van der Waals surface area contributed by atoms with Gasteiger partial charge in [-0.2, -0.15) is 0 Å². The SMILES string of the molecule is O=C(O)C1CCc2ccccc2N1C(=O)c1ccc(F)cc1. The molecule has 22 heavy (non-hydrogen) atoms. The lowest BCUT2D eigenvalue weighted by molar-refractivity contribution is -0.138. The number of halogens is 1. The van der Waals surface area contributed by atoms with Crippen molar-refractivity contribution in [1.82, 2.24) is 0 Å². The summed E-state index contributed by atoms with van der Waals surface area (Å²) < 4.78 is 13.0. The minimum absolute atomic E-state index is 0.268. The molecule has 0 aliphatic carbocycles. The molecular weight excluding hydrogens is 285 g/mol. The van der Waals surface area contributed by atoms with E-state index in [-0.39, 0.29) is 5.56 Å². The number of nitrogens with zero attached hydrogens (tertiary/aromatic N) is 1. The minimum Gasteiger partial charge on any atom is -0.480 e. The van der Waals surface area contributed by atoms with Crippen LogP contribution in [0.4, 0.5) is 10.1 Å². The fourth-order valence-corrected chi connectivity index (χ4v) is 2.76. The highest BCUT2D eigenvalue weighted by molar-refractivity contribution is 6.09. The van der Waals surface area contributed by atoms with E-state index in [1.165, 1.54) is 29.2 Å². The third-order valence-electron chi connectivity index (χ3n) is 3.84. The van der Waals surface area contributed by atoms with Crippen LogP contribution in [0.3, 0.4) is 0 Å². The first kappa shape index (κ1) is 14.3. The Labute approximate surface area is 126 Å². The number of carbonyl (C=O) groups excluding carboxylic acids is 1. The Morgan fingerprint density at radius 2 is 1.77 bits per heavy atom. The smallest absolute Gasteiger partial charge is 0.326 e. The zero-order chi connectivity index (χ0) is 15.7. The fraction of sp³-hybridized carbons (Fsp3) is 0.176. The van der Waals surface area contributed by atoms with Crippen molar-refractivity contribution in [2.24, 2.45) is 0 Å². The van der Waals surface area contributed by atoms with E-state index < -0.39 is 23.7 Å². The average molecular weight is 299 g/mol. The molecule has 0 aromatic heterocycles. The number of amides is 1. The van der Waals surface area contributed by atoms with Crippen LogP contribution in [-0.2, 0) is 11.2 Å². The van der Waals surface area contributed by atoms with Crippen LogP contribution in [0.2, 0.25) is 0 Å². The second kappa shape index (κ2) is 5.60. The van der Waals surface area contributed by atoms with E-state index in [0.29, 0.717) is 18.5 Å². The Bertz CT molecular complexity index is 727. The van der Waals surface area contributed by atoms with E-state index >= 15 is 0 Å². The molecule has 1 aliphatic rings. The number of fused-ring (bicyclic) bond motifs is 1. The summed E-state index contributed by atoms with van der Waals surface area (Å²) in [6, 6.07) is 11.5. The van der Waals surface area contributed by atoms with Crippen LogP contribution in [0.5, 0.6) is 0 Å². The summed E-state index contributed by atoms with van der Waals surface area (Å²) in [5, 5.41) is 9.42. The summed E-state index contributed by atoms with van der Waals surface area (Å²) in [5.41, 5.74) is 1.82. The molecule has 2 aromatic carbocycles. The Balaban J connectivity index is 2.06. The Morgan fingerprint density at radius 1 is 1.09 bits per heavy atom. The first-order chi connectivity index (χ1) is 10.6. The van der Waals surface area contributed by atoms with E-state index in [9.17, 15) is 19.1 Å². The first-order valence-electron chi connectivity index (χ1n) is 6.98. The van der Waals surface area contributed by atoms with Crippen LogP contribution in [0.1, 0.15) is 22.3 Å². The summed E-state index contributed by atoms with van der Waals surface area (Å²) in [7, 11) is 0. The maximum absolute atomic E-state index is 13.0. The Morgan fingerprint density at radius 3 is 2.45 bits per heavy atom. The highest BCUT2D eigenvalue weighted by Crippen LogP contribution is 2.32. The van der Waals surface area contributed by atoms with E-state index in [4.69, 9.17) is 0 Å². The minimum atomic E-state index is -1.04. The third-order valence-corrected chi connectivity index (χ3v) is 3.84. The third kappa shape index (κ3) is 2.45. The summed E-state index contributed by atoms with van der Waals surface area (Å²) in [5.74, 6) is -1.91. The first-order valence-corrected chi connectivity index (χ1v) is 6.98. The van der Waals surface area contributed by atoms with Crippen LogP contribution in [0.25, 0.3) is 0 Å². The molecule has 1 heterocycles. The highest BCUT2D eigenvalue weighted by Gasteiger charge is 2.35. The maximum Gasteiger partial charge on any atom is 0.326 e. The lowest BCUT2D eigenvalue weighted by Gasteiger charge is -2.34. The number of carboxylic acids is 1. The van der Waals surface area contributed by atoms with Gasteiger partial charge in [-0.1, -0.05) is 18.2 Å². The molecule has 0 saturated carbocycles. The molecule has 1 N–H and O–H groups in total. The van der Waals surface area contributed by atoms with Gasteiger partial charge in [-0.25, -0.2) is 9.18 Å². The molecule has 5 heteroatoms. The standard InChI is InChI=1S/C17H14FNO3/c18-13-8-5-12(6-9-13)16(20)19-14-4-2-1-3-11(14)7-10-15(19)17(21)22/h1-6,8-9,15H,7,10H2,(H,21,22). The van der Waals surface area contributed by atoms with Gasteiger partial charge in [0, 0.05) is 11.3 Å². The van der Waals surface area contributed by atoms with Gasteiger partial charge in [0.1, 0.15) is 11.9 Å². The van der Waals surface area contributed by atoms with Gasteiger partial charge in [0.25, 0.3) is 5.91 Å². The van der Waals surface area contributed by atoms with E-state index in [2.05, 4.69) is 0 Å². The van der Waals surface area contributed by atoms with E-state index in [1.54, 1.807) is 12.1 Å². The number of hydrogen-bond donors (Lipinski definition) is 1. The van der Waals surface area contributed by atoms with E-state index in [1.807, 2.05) is 12.1 Å². The van der Waals surface area contributed by atoms with Crippen LogP contribution in [0, 0.1) is 5.82 Å².